The number of nitrogens with two attached hydrogens (primary N) is 1. The Bertz CT molecular complexity index is 341. The summed E-state index contributed by atoms with van der Waals surface area (Å²) in [6, 6.07) is 0.0324. The molecule has 78 valence electrons. The maximum Gasteiger partial charge on any atom is 0.161 e. The van der Waals surface area contributed by atoms with Gasteiger partial charge in [-0.2, -0.15) is 5.10 Å². The predicted molar refractivity (Wildman–Crippen MR) is 54.0 cm³/mol. The fourth-order valence-electron chi connectivity index (χ4n) is 1.78. The molecule has 1 unspecified atom stereocenters. The van der Waals surface area contributed by atoms with Crippen molar-refractivity contribution >= 4 is 0 Å². The molecule has 0 aliphatic heterocycles. The molecule has 0 amide bonds. The molecule has 0 bridgehead atoms. The molecule has 0 aromatic carbocycles. The van der Waals surface area contributed by atoms with Gasteiger partial charge in [0.25, 0.3) is 0 Å². The highest BCUT2D eigenvalue weighted by molar-refractivity contribution is 5.30. The summed E-state index contributed by atoms with van der Waals surface area (Å²) >= 11 is 0. The van der Waals surface area contributed by atoms with Gasteiger partial charge >= 0.3 is 0 Å². The van der Waals surface area contributed by atoms with Gasteiger partial charge in [-0.15, -0.1) is 0 Å². The summed E-state index contributed by atoms with van der Waals surface area (Å²) in [5, 5.41) is 4.16. The average Bonchev–Trinajstić information content (AvgIpc) is 2.79. The van der Waals surface area contributed by atoms with E-state index in [4.69, 9.17) is 10.5 Å². The number of ether oxygens (including phenoxy) is 1. The number of nitrogens with zero attached hydrogens (tertiary/aromatic N) is 2. The van der Waals surface area contributed by atoms with E-state index >= 15 is 0 Å². The zero-order chi connectivity index (χ0) is 10.3. The van der Waals surface area contributed by atoms with Crippen molar-refractivity contribution in [2.24, 2.45) is 18.2 Å². The van der Waals surface area contributed by atoms with Crippen molar-refractivity contribution in [3.63, 3.8) is 0 Å². The van der Waals surface area contributed by atoms with Crippen molar-refractivity contribution < 1.29 is 4.74 Å². The highest BCUT2D eigenvalue weighted by Crippen LogP contribution is 2.54. The molecule has 0 spiro atoms. The Hall–Kier alpha value is -1.03. The molecular formula is C10H17N3O. The van der Waals surface area contributed by atoms with Gasteiger partial charge in [0.05, 0.1) is 25.0 Å². The molecule has 0 radical (unpaired) electrons. The topological polar surface area (TPSA) is 53.1 Å². The molecule has 1 heterocycles. The van der Waals surface area contributed by atoms with Crippen LogP contribution >= 0.6 is 0 Å². The summed E-state index contributed by atoms with van der Waals surface area (Å²) in [5.41, 5.74) is 7.47. The van der Waals surface area contributed by atoms with E-state index < -0.39 is 0 Å². The van der Waals surface area contributed by atoms with Crippen molar-refractivity contribution in [3.8, 4) is 5.75 Å². The summed E-state index contributed by atoms with van der Waals surface area (Å²) < 4.78 is 7.06. The molecule has 2 N–H and O–H groups in total. The smallest absolute Gasteiger partial charge is 0.161 e. The van der Waals surface area contributed by atoms with E-state index in [0.717, 1.165) is 11.4 Å². The number of rotatable bonds is 3. The number of hydrogen-bond donors (Lipinski definition) is 1. The Morgan fingerprint density at radius 2 is 2.29 bits per heavy atom. The second-order valence-corrected chi connectivity index (χ2v) is 4.35. The van der Waals surface area contributed by atoms with Gasteiger partial charge in [-0.3, -0.25) is 4.68 Å². The average molecular weight is 195 g/mol. The van der Waals surface area contributed by atoms with E-state index in [0.29, 0.717) is 0 Å². The molecule has 1 aliphatic carbocycles. The zero-order valence-electron chi connectivity index (χ0n) is 8.95. The highest BCUT2D eigenvalue weighted by Gasteiger charge is 2.45. The van der Waals surface area contributed by atoms with Gasteiger partial charge in [-0.05, 0) is 18.3 Å². The maximum absolute atomic E-state index is 6.22. The van der Waals surface area contributed by atoms with Crippen molar-refractivity contribution in [1.29, 1.82) is 0 Å². The monoisotopic (exact) mass is 195 g/mol. The van der Waals surface area contributed by atoms with Gasteiger partial charge in [0.15, 0.2) is 5.75 Å². The minimum Gasteiger partial charge on any atom is -0.493 e. The van der Waals surface area contributed by atoms with Crippen molar-refractivity contribution in [1.82, 2.24) is 9.78 Å². The molecule has 4 nitrogen and oxygen atoms in total. The summed E-state index contributed by atoms with van der Waals surface area (Å²) in [7, 11) is 3.56. The molecule has 2 rings (SSSR count). The van der Waals surface area contributed by atoms with E-state index in [2.05, 4.69) is 12.0 Å². The van der Waals surface area contributed by atoms with Crippen molar-refractivity contribution in [2.75, 3.05) is 7.11 Å². The first kappa shape index (κ1) is 9.52. The fourth-order valence-corrected chi connectivity index (χ4v) is 1.78. The summed E-state index contributed by atoms with van der Waals surface area (Å²) in [6.45, 7) is 2.21. The van der Waals surface area contributed by atoms with Crippen molar-refractivity contribution in [2.45, 2.75) is 25.8 Å². The lowest BCUT2D eigenvalue weighted by Crippen LogP contribution is -2.23. The molecule has 1 atom stereocenters. The lowest BCUT2D eigenvalue weighted by molar-refractivity contribution is 0.375. The first-order valence-corrected chi connectivity index (χ1v) is 4.90. The zero-order valence-corrected chi connectivity index (χ0v) is 8.95. The van der Waals surface area contributed by atoms with E-state index in [1.54, 1.807) is 13.3 Å². The second-order valence-electron chi connectivity index (χ2n) is 4.35. The fraction of sp³-hybridized carbons (Fsp3) is 0.700. The summed E-state index contributed by atoms with van der Waals surface area (Å²) in [4.78, 5) is 0. The van der Waals surface area contributed by atoms with Gasteiger partial charge in [0.2, 0.25) is 0 Å². The lowest BCUT2D eigenvalue weighted by Gasteiger charge is -2.19. The quantitative estimate of drug-likeness (QED) is 0.789. The van der Waals surface area contributed by atoms with Crippen LogP contribution in [0.4, 0.5) is 0 Å². The van der Waals surface area contributed by atoms with Crippen LogP contribution in [0.15, 0.2) is 6.20 Å². The highest BCUT2D eigenvalue weighted by atomic mass is 16.5. The largest absolute Gasteiger partial charge is 0.493 e. The Balaban J connectivity index is 2.34. The van der Waals surface area contributed by atoms with Crippen LogP contribution in [0.25, 0.3) is 0 Å². The van der Waals surface area contributed by atoms with Crippen LogP contribution in [0.2, 0.25) is 0 Å². The molecule has 1 aromatic rings. The first-order chi connectivity index (χ1) is 6.58. The van der Waals surface area contributed by atoms with Crippen LogP contribution in [-0.4, -0.2) is 16.9 Å². The molecular weight excluding hydrogens is 178 g/mol. The number of aryl methyl sites for hydroxylation is 1. The number of hydrogen-bond acceptors (Lipinski definition) is 3. The van der Waals surface area contributed by atoms with Crippen LogP contribution in [0, 0.1) is 5.41 Å². The van der Waals surface area contributed by atoms with Crippen LogP contribution in [0.1, 0.15) is 31.5 Å². The van der Waals surface area contributed by atoms with Crippen LogP contribution < -0.4 is 10.5 Å². The standard InChI is InChI=1S/C10H17N3O/c1-10(4-5-10)9(11)8-7(14-3)6-12-13(8)2/h6,9H,4-5,11H2,1-3H3. The van der Waals surface area contributed by atoms with Gasteiger partial charge in [0, 0.05) is 7.05 Å². The molecule has 1 aromatic heterocycles. The number of aromatic nitrogens is 2. The molecule has 1 fully saturated rings. The van der Waals surface area contributed by atoms with Gasteiger partial charge in [-0.1, -0.05) is 6.92 Å². The predicted octanol–water partition coefficient (Wildman–Crippen LogP) is 1.23. The van der Waals surface area contributed by atoms with E-state index in [1.807, 2.05) is 11.7 Å². The Morgan fingerprint density at radius 1 is 1.64 bits per heavy atom. The third kappa shape index (κ3) is 1.30. The van der Waals surface area contributed by atoms with Gasteiger partial charge in [-0.25, -0.2) is 0 Å². The normalized spacial score (nSPS) is 20.6. The number of methoxy groups -OCH3 is 1. The van der Waals surface area contributed by atoms with E-state index in [9.17, 15) is 0 Å². The third-order valence-corrected chi connectivity index (χ3v) is 3.25. The summed E-state index contributed by atoms with van der Waals surface area (Å²) in [5.74, 6) is 0.799. The Morgan fingerprint density at radius 3 is 2.79 bits per heavy atom. The first-order valence-electron chi connectivity index (χ1n) is 4.90. The minimum atomic E-state index is 0.0324. The molecule has 0 saturated heterocycles. The molecule has 14 heavy (non-hydrogen) atoms. The second kappa shape index (κ2) is 2.98. The van der Waals surface area contributed by atoms with Crippen LogP contribution in [0.5, 0.6) is 5.75 Å². The molecule has 4 heteroatoms. The van der Waals surface area contributed by atoms with E-state index in [-0.39, 0.29) is 11.5 Å². The van der Waals surface area contributed by atoms with Gasteiger partial charge < -0.3 is 10.5 Å². The Labute approximate surface area is 84.0 Å². The van der Waals surface area contributed by atoms with Gasteiger partial charge in [0.1, 0.15) is 0 Å². The van der Waals surface area contributed by atoms with Crippen LogP contribution in [-0.2, 0) is 7.05 Å². The van der Waals surface area contributed by atoms with E-state index in [1.165, 1.54) is 12.8 Å². The third-order valence-electron chi connectivity index (χ3n) is 3.25. The van der Waals surface area contributed by atoms with Crippen molar-refractivity contribution in [3.05, 3.63) is 11.9 Å². The van der Waals surface area contributed by atoms with Crippen LogP contribution in [0.3, 0.4) is 0 Å². The molecule has 1 saturated carbocycles. The molecule has 1 aliphatic rings. The minimum absolute atomic E-state index is 0.0324. The lowest BCUT2D eigenvalue weighted by atomic mass is 9.96. The summed E-state index contributed by atoms with van der Waals surface area (Å²) in [6.07, 6.45) is 4.12. The SMILES string of the molecule is COc1cnn(C)c1C(N)C1(C)CC1. The maximum atomic E-state index is 6.22. The Kier molecular flexibility index (Phi) is 2.03.